The van der Waals surface area contributed by atoms with Crippen molar-refractivity contribution in [1.82, 2.24) is 18.5 Å². The minimum atomic E-state index is 0.228. The summed E-state index contributed by atoms with van der Waals surface area (Å²) in [7, 11) is 0. The van der Waals surface area contributed by atoms with E-state index in [9.17, 15) is 0 Å². The Balaban J connectivity index is 1.03. The molecule has 248 valence electrons. The van der Waals surface area contributed by atoms with Crippen molar-refractivity contribution in [3.8, 4) is 22.6 Å². The van der Waals surface area contributed by atoms with Crippen LogP contribution >= 0.6 is 0 Å². The molecule has 3 aromatic heterocycles. The molecule has 10 rings (SSSR count). The summed E-state index contributed by atoms with van der Waals surface area (Å²) in [5.74, 6) is 2.87. The van der Waals surface area contributed by atoms with E-state index in [-0.39, 0.29) is 6.10 Å². The predicted octanol–water partition coefficient (Wildman–Crippen LogP) is 11.3. The molecule has 0 radical (unpaired) electrons. The van der Waals surface area contributed by atoms with Crippen LogP contribution < -0.4 is 4.74 Å². The third-order valence-corrected chi connectivity index (χ3v) is 11.9. The van der Waals surface area contributed by atoms with E-state index in [1.807, 2.05) is 0 Å². The highest BCUT2D eigenvalue weighted by Gasteiger charge is 2.41. The average Bonchev–Trinajstić information content (AvgIpc) is 3.90. The van der Waals surface area contributed by atoms with Gasteiger partial charge >= 0.3 is 0 Å². The molecular weight excluding hydrogens is 613 g/mol. The maximum absolute atomic E-state index is 6.66. The first-order chi connectivity index (χ1) is 24.6. The number of fused-ring (bicyclic) bond motifs is 9. The molecule has 4 atom stereocenters. The number of aromatic nitrogens is 4. The molecule has 3 aliphatic rings. The van der Waals surface area contributed by atoms with E-state index < -0.39 is 0 Å². The van der Waals surface area contributed by atoms with Gasteiger partial charge in [0.25, 0.3) is 0 Å². The van der Waals surface area contributed by atoms with E-state index in [1.165, 1.54) is 61.3 Å². The fraction of sp³-hybridized carbons (Fsp3) is 0.267. The van der Waals surface area contributed by atoms with Crippen LogP contribution in [0, 0.1) is 0 Å². The number of rotatable bonds is 6. The molecule has 1 saturated carbocycles. The maximum atomic E-state index is 6.66. The Morgan fingerprint density at radius 2 is 1.74 bits per heavy atom. The molecule has 1 fully saturated rings. The Hall–Kier alpha value is -5.29. The third-order valence-electron chi connectivity index (χ3n) is 11.9. The molecule has 0 spiro atoms. The van der Waals surface area contributed by atoms with Crippen LogP contribution in [0.15, 0.2) is 104 Å². The second kappa shape index (κ2) is 11.4. The SMILES string of the molecule is C=Cc1c(C(C)CC)c2ccccc2n1C1CCC2Oc3ccc(-c4cccc(-n5c6ccccc6n6c7c(nc56)CCC=C7)c4)cc3C2C1. The number of para-hydroxylation sites is 3. The van der Waals surface area contributed by atoms with Crippen LogP contribution in [-0.4, -0.2) is 24.6 Å². The molecule has 4 aromatic carbocycles. The quantitative estimate of drug-likeness (QED) is 0.179. The van der Waals surface area contributed by atoms with Crippen LogP contribution in [0.2, 0.25) is 0 Å². The Morgan fingerprint density at radius 3 is 2.60 bits per heavy atom. The van der Waals surface area contributed by atoms with E-state index >= 15 is 0 Å². The van der Waals surface area contributed by atoms with Gasteiger partial charge in [0.05, 0.1) is 22.4 Å². The van der Waals surface area contributed by atoms with E-state index in [0.29, 0.717) is 17.9 Å². The number of nitrogens with zero attached hydrogens (tertiary/aromatic N) is 4. The Morgan fingerprint density at radius 1 is 0.920 bits per heavy atom. The highest BCUT2D eigenvalue weighted by Crippen LogP contribution is 2.51. The van der Waals surface area contributed by atoms with Crippen LogP contribution in [0.1, 0.15) is 92.0 Å². The topological polar surface area (TPSA) is 36.4 Å². The minimum Gasteiger partial charge on any atom is -0.489 e. The summed E-state index contributed by atoms with van der Waals surface area (Å²) in [6, 6.07) is 33.9. The maximum Gasteiger partial charge on any atom is 0.220 e. The van der Waals surface area contributed by atoms with Crippen molar-refractivity contribution in [2.75, 3.05) is 0 Å². The molecule has 2 aliphatic carbocycles. The van der Waals surface area contributed by atoms with E-state index in [4.69, 9.17) is 9.72 Å². The summed E-state index contributed by atoms with van der Waals surface area (Å²) in [6.07, 6.45) is 13.2. The smallest absolute Gasteiger partial charge is 0.220 e. The van der Waals surface area contributed by atoms with Crippen LogP contribution in [0.3, 0.4) is 0 Å². The van der Waals surface area contributed by atoms with Gasteiger partial charge in [0.1, 0.15) is 11.9 Å². The molecule has 50 heavy (non-hydrogen) atoms. The van der Waals surface area contributed by atoms with Gasteiger partial charge < -0.3 is 9.30 Å². The van der Waals surface area contributed by atoms with Crippen molar-refractivity contribution in [3.63, 3.8) is 0 Å². The summed E-state index contributed by atoms with van der Waals surface area (Å²) in [4.78, 5) is 5.19. The molecule has 4 heterocycles. The van der Waals surface area contributed by atoms with Crippen LogP contribution in [0.25, 0.3) is 56.7 Å². The van der Waals surface area contributed by atoms with Gasteiger partial charge in [-0.15, -0.1) is 0 Å². The standard InChI is InChI=1S/C45H42N4O/c1-4-28(3)44-33-15-6-8-17-38(33)47(37(44)5-2)32-22-24-43-35(27-32)34-26-30(21-23-42(34)50-43)29-13-12-14-31(25-29)48-40-19-10-11-20-41(40)49-39-18-9-7-16-36(39)46-45(48)49/h5-6,8-15,17-21,23,25-26,28,32,35,43H,2,4,7,16,22,24,27H2,1,3H3. The molecule has 0 bridgehead atoms. The molecule has 0 amide bonds. The summed E-state index contributed by atoms with van der Waals surface area (Å²) in [5, 5.41) is 1.38. The Labute approximate surface area is 293 Å². The van der Waals surface area contributed by atoms with E-state index in [2.05, 4.69) is 143 Å². The molecule has 5 nitrogen and oxygen atoms in total. The van der Waals surface area contributed by atoms with Gasteiger partial charge in [0.15, 0.2) is 0 Å². The number of hydrogen-bond acceptors (Lipinski definition) is 2. The lowest BCUT2D eigenvalue weighted by atomic mass is 9.79. The second-order valence-electron chi connectivity index (χ2n) is 14.6. The van der Waals surface area contributed by atoms with Crippen molar-refractivity contribution in [2.24, 2.45) is 0 Å². The Bertz CT molecular complexity index is 2510. The highest BCUT2D eigenvalue weighted by atomic mass is 16.5. The summed E-state index contributed by atoms with van der Waals surface area (Å²) in [5.41, 5.74) is 13.7. The first kappa shape index (κ1) is 29.6. The lowest BCUT2D eigenvalue weighted by molar-refractivity contribution is 0.140. The largest absolute Gasteiger partial charge is 0.489 e. The fourth-order valence-corrected chi connectivity index (χ4v) is 9.40. The summed E-state index contributed by atoms with van der Waals surface area (Å²) >= 11 is 0. The van der Waals surface area contributed by atoms with Crippen molar-refractivity contribution in [1.29, 1.82) is 0 Å². The molecule has 4 unspecified atom stereocenters. The van der Waals surface area contributed by atoms with Gasteiger partial charge in [-0.2, -0.15) is 0 Å². The molecule has 5 heteroatoms. The number of hydrogen-bond donors (Lipinski definition) is 0. The van der Waals surface area contributed by atoms with Gasteiger partial charge in [-0.3, -0.25) is 8.97 Å². The number of benzene rings is 4. The van der Waals surface area contributed by atoms with E-state index in [0.717, 1.165) is 55.7 Å². The zero-order chi connectivity index (χ0) is 33.5. The van der Waals surface area contributed by atoms with Crippen LogP contribution in [-0.2, 0) is 6.42 Å². The summed E-state index contributed by atoms with van der Waals surface area (Å²) < 4.78 is 13.9. The number of ether oxygens (including phenoxy) is 1. The highest BCUT2D eigenvalue weighted by molar-refractivity contribution is 5.89. The fourth-order valence-electron chi connectivity index (χ4n) is 9.40. The zero-order valence-corrected chi connectivity index (χ0v) is 28.8. The van der Waals surface area contributed by atoms with Crippen molar-refractivity contribution < 1.29 is 4.74 Å². The number of imidazole rings is 2. The minimum absolute atomic E-state index is 0.228. The summed E-state index contributed by atoms with van der Waals surface area (Å²) in [6.45, 7) is 8.97. The van der Waals surface area contributed by atoms with Gasteiger partial charge in [0.2, 0.25) is 5.78 Å². The first-order valence-corrected chi connectivity index (χ1v) is 18.5. The molecule has 1 aliphatic heterocycles. The molecule has 7 aromatic rings. The number of aryl methyl sites for hydroxylation is 1. The van der Waals surface area contributed by atoms with Crippen molar-refractivity contribution in [2.45, 2.75) is 76.4 Å². The molecule has 0 saturated heterocycles. The van der Waals surface area contributed by atoms with Crippen LogP contribution in [0.4, 0.5) is 0 Å². The van der Waals surface area contributed by atoms with Crippen LogP contribution in [0.5, 0.6) is 5.75 Å². The van der Waals surface area contributed by atoms with Gasteiger partial charge in [0, 0.05) is 39.8 Å². The average molecular weight is 655 g/mol. The number of allylic oxidation sites excluding steroid dienone is 1. The van der Waals surface area contributed by atoms with Gasteiger partial charge in [-0.05, 0) is 116 Å². The monoisotopic (exact) mass is 654 g/mol. The van der Waals surface area contributed by atoms with Gasteiger partial charge in [-0.25, -0.2) is 4.98 Å². The zero-order valence-electron chi connectivity index (χ0n) is 28.8. The Kier molecular flexibility index (Phi) is 6.74. The predicted molar refractivity (Wildman–Crippen MR) is 206 cm³/mol. The lowest BCUT2D eigenvalue weighted by Gasteiger charge is -2.33. The molecular formula is C45H42N4O. The van der Waals surface area contributed by atoms with Crippen molar-refractivity contribution in [3.05, 3.63) is 132 Å². The van der Waals surface area contributed by atoms with E-state index in [1.54, 1.807) is 0 Å². The lowest BCUT2D eigenvalue weighted by Crippen LogP contribution is -2.29. The van der Waals surface area contributed by atoms with Crippen molar-refractivity contribution >= 4 is 39.9 Å². The molecule has 0 N–H and O–H groups in total. The normalized spacial score (nSPS) is 20.2. The first-order valence-electron chi connectivity index (χ1n) is 18.5. The van der Waals surface area contributed by atoms with Gasteiger partial charge in [-0.1, -0.05) is 75.0 Å². The second-order valence-corrected chi connectivity index (χ2v) is 14.6. The third kappa shape index (κ3) is 4.28.